The first-order valence-electron chi connectivity index (χ1n) is 5.41. The number of rotatable bonds is 4. The molecule has 0 radical (unpaired) electrons. The molecule has 0 aliphatic carbocycles. The van der Waals surface area contributed by atoms with E-state index in [2.05, 4.69) is 9.71 Å². The molecule has 2 rings (SSSR count). The Labute approximate surface area is 110 Å². The Hall–Kier alpha value is -2.28. The van der Waals surface area contributed by atoms with Crippen molar-refractivity contribution in [1.82, 2.24) is 4.98 Å². The van der Waals surface area contributed by atoms with Crippen LogP contribution in [0.3, 0.4) is 0 Å². The molecule has 2 aromatic rings. The summed E-state index contributed by atoms with van der Waals surface area (Å²) in [7, 11) is -3.79. The summed E-state index contributed by atoms with van der Waals surface area (Å²) in [6.07, 6.45) is 0. The number of carboxylic acid groups (broad SMARTS) is 1. The van der Waals surface area contributed by atoms with Gasteiger partial charge in [0.1, 0.15) is 5.69 Å². The van der Waals surface area contributed by atoms with Crippen molar-refractivity contribution in [3.05, 3.63) is 47.8 Å². The van der Waals surface area contributed by atoms with Crippen LogP contribution in [0.4, 0.5) is 5.69 Å². The van der Waals surface area contributed by atoms with E-state index in [9.17, 15) is 13.2 Å². The van der Waals surface area contributed by atoms with Crippen molar-refractivity contribution in [2.24, 2.45) is 0 Å². The van der Waals surface area contributed by atoms with Gasteiger partial charge in [-0.25, -0.2) is 13.2 Å². The molecule has 100 valence electrons. The Kier molecular flexibility index (Phi) is 3.30. The third-order valence-corrected chi connectivity index (χ3v) is 3.85. The molecule has 1 aromatic carbocycles. The van der Waals surface area contributed by atoms with Crippen molar-refractivity contribution < 1.29 is 18.3 Å². The van der Waals surface area contributed by atoms with E-state index in [4.69, 9.17) is 5.11 Å². The fourth-order valence-corrected chi connectivity index (χ4v) is 2.73. The molecule has 0 fully saturated rings. The molecule has 0 spiro atoms. The van der Waals surface area contributed by atoms with Crippen molar-refractivity contribution >= 4 is 21.7 Å². The zero-order valence-corrected chi connectivity index (χ0v) is 10.9. The van der Waals surface area contributed by atoms with Crippen LogP contribution in [0.25, 0.3) is 0 Å². The maximum atomic E-state index is 12.1. The van der Waals surface area contributed by atoms with E-state index in [1.807, 2.05) is 0 Å². The number of sulfonamides is 1. The van der Waals surface area contributed by atoms with Crippen LogP contribution < -0.4 is 4.72 Å². The molecule has 0 aliphatic heterocycles. The number of hydrogen-bond donors (Lipinski definition) is 3. The van der Waals surface area contributed by atoms with Gasteiger partial charge >= 0.3 is 5.97 Å². The normalized spacial score (nSPS) is 11.2. The molecule has 6 nitrogen and oxygen atoms in total. The number of H-pyrrole nitrogens is 1. The number of carboxylic acids is 1. The van der Waals surface area contributed by atoms with Crippen molar-refractivity contribution in [3.63, 3.8) is 0 Å². The van der Waals surface area contributed by atoms with Crippen LogP contribution in [0.2, 0.25) is 0 Å². The highest BCUT2D eigenvalue weighted by atomic mass is 32.2. The van der Waals surface area contributed by atoms with Crippen LogP contribution in [0, 0.1) is 6.92 Å². The van der Waals surface area contributed by atoms with E-state index in [0.29, 0.717) is 5.69 Å². The van der Waals surface area contributed by atoms with Gasteiger partial charge in [-0.05, 0) is 25.1 Å². The minimum atomic E-state index is -3.79. The molecule has 1 aromatic heterocycles. The average Bonchev–Trinajstić information content (AvgIpc) is 2.71. The van der Waals surface area contributed by atoms with Crippen molar-refractivity contribution in [3.8, 4) is 0 Å². The number of aromatic nitrogens is 1. The lowest BCUT2D eigenvalue weighted by molar-refractivity contribution is 0.0692. The second kappa shape index (κ2) is 4.77. The first kappa shape index (κ1) is 13.2. The zero-order valence-electron chi connectivity index (χ0n) is 10.0. The lowest BCUT2D eigenvalue weighted by Crippen LogP contribution is -2.14. The average molecular weight is 280 g/mol. The fourth-order valence-electron chi connectivity index (χ4n) is 1.64. The number of nitrogens with one attached hydrogen (secondary N) is 2. The topological polar surface area (TPSA) is 99.3 Å². The summed E-state index contributed by atoms with van der Waals surface area (Å²) in [4.78, 5) is 13.7. The van der Waals surface area contributed by atoms with E-state index in [-0.39, 0.29) is 16.3 Å². The van der Waals surface area contributed by atoms with Crippen molar-refractivity contribution in [2.45, 2.75) is 11.8 Å². The van der Waals surface area contributed by atoms with Crippen LogP contribution in [0.15, 0.2) is 41.3 Å². The summed E-state index contributed by atoms with van der Waals surface area (Å²) in [5, 5.41) is 8.98. The summed E-state index contributed by atoms with van der Waals surface area (Å²) in [6, 6.07) is 9.18. The Bertz CT molecular complexity index is 705. The SMILES string of the molecule is Cc1cc(NS(=O)(=O)c2ccccc2)c(C(=O)O)[nH]1. The lowest BCUT2D eigenvalue weighted by Gasteiger charge is -2.07. The smallest absolute Gasteiger partial charge is 0.354 e. The zero-order chi connectivity index (χ0) is 14.0. The van der Waals surface area contributed by atoms with Crippen molar-refractivity contribution in [2.75, 3.05) is 4.72 Å². The summed E-state index contributed by atoms with van der Waals surface area (Å²) >= 11 is 0. The summed E-state index contributed by atoms with van der Waals surface area (Å²) < 4.78 is 26.4. The van der Waals surface area contributed by atoms with Gasteiger partial charge in [0, 0.05) is 5.69 Å². The highest BCUT2D eigenvalue weighted by Gasteiger charge is 2.19. The Morgan fingerprint density at radius 3 is 2.47 bits per heavy atom. The van der Waals surface area contributed by atoms with Crippen LogP contribution in [-0.4, -0.2) is 24.5 Å². The van der Waals surface area contributed by atoms with E-state index in [1.165, 1.54) is 18.2 Å². The maximum Gasteiger partial charge on any atom is 0.354 e. The second-order valence-corrected chi connectivity index (χ2v) is 5.65. The predicted octanol–water partition coefficient (Wildman–Crippen LogP) is 1.82. The lowest BCUT2D eigenvalue weighted by atomic mass is 10.4. The molecule has 19 heavy (non-hydrogen) atoms. The maximum absolute atomic E-state index is 12.1. The van der Waals surface area contributed by atoms with Gasteiger partial charge in [0.2, 0.25) is 0 Å². The Balaban J connectivity index is 2.39. The summed E-state index contributed by atoms with van der Waals surface area (Å²) in [5.41, 5.74) is 0.397. The molecule has 1 heterocycles. The minimum Gasteiger partial charge on any atom is -0.477 e. The highest BCUT2D eigenvalue weighted by molar-refractivity contribution is 7.92. The van der Waals surface area contributed by atoms with Gasteiger partial charge in [-0.2, -0.15) is 0 Å². The molecule has 0 bridgehead atoms. The number of aromatic carboxylic acids is 1. The number of aryl methyl sites for hydroxylation is 1. The van der Waals surface area contributed by atoms with Gasteiger partial charge in [-0.3, -0.25) is 4.72 Å². The number of anilines is 1. The fraction of sp³-hybridized carbons (Fsp3) is 0.0833. The number of benzene rings is 1. The van der Waals surface area contributed by atoms with E-state index < -0.39 is 16.0 Å². The van der Waals surface area contributed by atoms with Crippen molar-refractivity contribution in [1.29, 1.82) is 0 Å². The third-order valence-electron chi connectivity index (χ3n) is 2.46. The van der Waals surface area contributed by atoms with Gasteiger partial charge in [-0.1, -0.05) is 18.2 Å². The minimum absolute atomic E-state index is 0.0221. The summed E-state index contributed by atoms with van der Waals surface area (Å²) in [6.45, 7) is 1.65. The number of aromatic amines is 1. The van der Waals surface area contributed by atoms with Gasteiger partial charge in [0.15, 0.2) is 0 Å². The quantitative estimate of drug-likeness (QED) is 0.795. The van der Waals surface area contributed by atoms with Crippen LogP contribution in [-0.2, 0) is 10.0 Å². The number of carbonyl (C=O) groups is 1. The largest absolute Gasteiger partial charge is 0.477 e. The first-order valence-corrected chi connectivity index (χ1v) is 6.89. The molecule has 0 atom stereocenters. The second-order valence-electron chi connectivity index (χ2n) is 3.96. The number of hydrogen-bond acceptors (Lipinski definition) is 3. The molecule has 0 unspecified atom stereocenters. The molecular formula is C12H12N2O4S. The molecule has 0 saturated carbocycles. The van der Waals surface area contributed by atoms with Gasteiger partial charge in [0.05, 0.1) is 10.6 Å². The third kappa shape index (κ3) is 2.76. The monoisotopic (exact) mass is 280 g/mol. The molecule has 3 N–H and O–H groups in total. The van der Waals surface area contributed by atoms with Gasteiger partial charge < -0.3 is 10.1 Å². The predicted molar refractivity (Wildman–Crippen MR) is 69.7 cm³/mol. The van der Waals surface area contributed by atoms with Gasteiger partial charge in [0.25, 0.3) is 10.0 Å². The highest BCUT2D eigenvalue weighted by Crippen LogP contribution is 2.21. The van der Waals surface area contributed by atoms with Gasteiger partial charge in [-0.15, -0.1) is 0 Å². The summed E-state index contributed by atoms with van der Waals surface area (Å²) in [5.74, 6) is -1.22. The molecule has 0 aliphatic rings. The molecule has 7 heteroatoms. The van der Waals surface area contributed by atoms with Crippen LogP contribution >= 0.6 is 0 Å². The van der Waals surface area contributed by atoms with Crippen LogP contribution in [0.1, 0.15) is 16.2 Å². The molecule has 0 amide bonds. The molecule has 0 saturated heterocycles. The Morgan fingerprint density at radius 1 is 1.26 bits per heavy atom. The van der Waals surface area contributed by atoms with E-state index in [0.717, 1.165) is 0 Å². The first-order chi connectivity index (χ1) is 8.90. The van der Waals surface area contributed by atoms with E-state index in [1.54, 1.807) is 25.1 Å². The Morgan fingerprint density at radius 2 is 1.89 bits per heavy atom. The van der Waals surface area contributed by atoms with Crippen LogP contribution in [0.5, 0.6) is 0 Å². The van der Waals surface area contributed by atoms with E-state index >= 15 is 0 Å². The standard InChI is InChI=1S/C12H12N2O4S/c1-8-7-10(11(13-8)12(15)16)14-19(17,18)9-5-3-2-4-6-9/h2-7,13-14H,1H3,(H,15,16). The molecular weight excluding hydrogens is 268 g/mol.